The lowest BCUT2D eigenvalue weighted by molar-refractivity contribution is 0.100. The van der Waals surface area contributed by atoms with Crippen LogP contribution in [0.1, 0.15) is 27.5 Å². The molecule has 1 amide bonds. The van der Waals surface area contributed by atoms with Gasteiger partial charge in [0, 0.05) is 42.1 Å². The van der Waals surface area contributed by atoms with E-state index in [1.807, 2.05) is 19.2 Å². The molecule has 4 rings (SSSR count). The number of nitrogens with one attached hydrogen (secondary N) is 1. The Morgan fingerprint density at radius 3 is 2.70 bits per heavy atom. The number of aromatic nitrogens is 5. The number of aryl methyl sites for hydroxylation is 1. The van der Waals surface area contributed by atoms with Crippen molar-refractivity contribution in [3.63, 3.8) is 0 Å². The second kappa shape index (κ2) is 9.86. The van der Waals surface area contributed by atoms with Gasteiger partial charge in [-0.2, -0.15) is 11.8 Å². The van der Waals surface area contributed by atoms with Gasteiger partial charge in [0.1, 0.15) is 23.7 Å². The number of thioether (sulfide) groups is 1. The summed E-state index contributed by atoms with van der Waals surface area (Å²) in [6, 6.07) is 6.32. The first-order chi connectivity index (χ1) is 16.0. The zero-order valence-electron chi connectivity index (χ0n) is 18.1. The van der Waals surface area contributed by atoms with Crippen molar-refractivity contribution in [1.82, 2.24) is 24.9 Å². The van der Waals surface area contributed by atoms with Crippen LogP contribution >= 0.6 is 11.8 Å². The number of hydrogen-bond donors (Lipinski definition) is 2. The van der Waals surface area contributed by atoms with E-state index in [1.54, 1.807) is 30.2 Å². The molecule has 33 heavy (non-hydrogen) atoms. The summed E-state index contributed by atoms with van der Waals surface area (Å²) in [5.41, 5.74) is 8.98. The van der Waals surface area contributed by atoms with Crippen LogP contribution in [-0.4, -0.2) is 49.4 Å². The number of benzene rings is 1. The lowest BCUT2D eigenvalue weighted by atomic mass is 9.95. The summed E-state index contributed by atoms with van der Waals surface area (Å²) < 4.78 is 14.6. The van der Waals surface area contributed by atoms with Crippen LogP contribution < -0.4 is 11.1 Å². The third-order valence-electron chi connectivity index (χ3n) is 5.19. The fourth-order valence-corrected chi connectivity index (χ4v) is 4.29. The van der Waals surface area contributed by atoms with E-state index in [0.717, 1.165) is 17.0 Å². The molecule has 4 aromatic rings. The minimum atomic E-state index is -0.689. The van der Waals surface area contributed by atoms with Crippen molar-refractivity contribution in [3.8, 4) is 11.4 Å². The Kier molecular flexibility index (Phi) is 6.74. The largest absolute Gasteiger partial charge is 0.369 e. The van der Waals surface area contributed by atoms with Gasteiger partial charge in [0.25, 0.3) is 0 Å². The van der Waals surface area contributed by atoms with Crippen LogP contribution in [0.3, 0.4) is 0 Å². The zero-order valence-corrected chi connectivity index (χ0v) is 18.9. The molecule has 0 aliphatic heterocycles. The van der Waals surface area contributed by atoms with Crippen molar-refractivity contribution in [2.75, 3.05) is 23.9 Å². The van der Waals surface area contributed by atoms with E-state index in [0.29, 0.717) is 29.3 Å². The number of carbonyl (C=O) groups excluding carboxylic acids is 1. The summed E-state index contributed by atoms with van der Waals surface area (Å²) in [4.78, 5) is 33.4. The maximum absolute atomic E-state index is 14.6. The average molecular weight is 464 g/mol. The van der Waals surface area contributed by atoms with Gasteiger partial charge in [-0.05, 0) is 30.9 Å². The minimum absolute atomic E-state index is 0.0312. The predicted octanol–water partition coefficient (Wildman–Crippen LogP) is 3.59. The van der Waals surface area contributed by atoms with Gasteiger partial charge in [0.05, 0.1) is 28.7 Å². The highest BCUT2D eigenvalue weighted by Crippen LogP contribution is 2.30. The predicted molar refractivity (Wildman–Crippen MR) is 128 cm³/mol. The van der Waals surface area contributed by atoms with Crippen molar-refractivity contribution in [1.29, 1.82) is 0 Å². The van der Waals surface area contributed by atoms with Crippen LogP contribution in [0.25, 0.3) is 22.3 Å². The average Bonchev–Trinajstić information content (AvgIpc) is 2.82. The molecule has 3 aromatic heterocycles. The van der Waals surface area contributed by atoms with E-state index in [4.69, 9.17) is 5.73 Å². The van der Waals surface area contributed by atoms with Crippen molar-refractivity contribution in [2.45, 2.75) is 12.8 Å². The molecule has 8 nitrogen and oxygen atoms in total. The number of carbonyl (C=O) groups is 1. The van der Waals surface area contributed by atoms with Gasteiger partial charge in [-0.1, -0.05) is 6.07 Å². The molecular weight excluding hydrogens is 441 g/mol. The summed E-state index contributed by atoms with van der Waals surface area (Å²) >= 11 is 1.66. The van der Waals surface area contributed by atoms with E-state index >= 15 is 0 Å². The van der Waals surface area contributed by atoms with E-state index in [-0.39, 0.29) is 16.9 Å². The maximum Gasteiger partial charge on any atom is 0.249 e. The summed E-state index contributed by atoms with van der Waals surface area (Å²) in [7, 11) is 0. The summed E-state index contributed by atoms with van der Waals surface area (Å²) in [6.45, 7) is 2.39. The van der Waals surface area contributed by atoms with Crippen molar-refractivity contribution >= 4 is 34.4 Å². The lowest BCUT2D eigenvalue weighted by Gasteiger charge is -2.20. The highest BCUT2D eigenvalue weighted by atomic mass is 32.2. The molecular formula is C23H22FN7OS. The minimum Gasteiger partial charge on any atom is -0.369 e. The number of rotatable bonds is 8. The quantitative estimate of drug-likeness (QED) is 0.407. The van der Waals surface area contributed by atoms with Crippen LogP contribution in [0.4, 0.5) is 10.2 Å². The Bertz CT molecular complexity index is 1300. The van der Waals surface area contributed by atoms with Crippen LogP contribution in [0.15, 0.2) is 49.2 Å². The molecule has 0 aliphatic carbocycles. The van der Waals surface area contributed by atoms with Gasteiger partial charge >= 0.3 is 0 Å². The Morgan fingerprint density at radius 1 is 1.12 bits per heavy atom. The van der Waals surface area contributed by atoms with Crippen LogP contribution in [0, 0.1) is 12.7 Å². The Morgan fingerprint density at radius 2 is 1.97 bits per heavy atom. The number of amides is 1. The van der Waals surface area contributed by atoms with Crippen LogP contribution in [0.2, 0.25) is 0 Å². The summed E-state index contributed by atoms with van der Waals surface area (Å²) in [5.74, 6) is 0.135. The molecule has 168 valence electrons. The van der Waals surface area contributed by atoms with E-state index in [1.165, 1.54) is 24.7 Å². The number of halogens is 1. The smallest absolute Gasteiger partial charge is 0.249 e. The molecule has 0 spiro atoms. The molecule has 1 aromatic carbocycles. The van der Waals surface area contributed by atoms with Gasteiger partial charge in [0.2, 0.25) is 5.91 Å². The fraction of sp³-hybridized carbons (Fsp3) is 0.217. The highest BCUT2D eigenvalue weighted by Gasteiger charge is 2.20. The number of anilines is 1. The Hall–Kier alpha value is -3.66. The number of primary amides is 1. The second-order valence-electron chi connectivity index (χ2n) is 7.45. The molecule has 10 heteroatoms. The van der Waals surface area contributed by atoms with Gasteiger partial charge in [0.15, 0.2) is 0 Å². The first-order valence-electron chi connectivity index (χ1n) is 10.2. The standard InChI is InChI=1S/C23H22FN7OS/c1-13-8-28-19(10-27-13)18-7-20(31-12-30-18)29-9-14(11-33-2)15-3-4-17(24)21-16(23(25)32)5-6-26-22(15)21/h3-8,10,12,14H,9,11H2,1-2H3,(H2,25,32)(H,29,30,31). The monoisotopic (exact) mass is 463 g/mol. The molecule has 1 unspecified atom stereocenters. The van der Waals surface area contributed by atoms with Crippen LogP contribution in [0.5, 0.6) is 0 Å². The first kappa shape index (κ1) is 22.5. The van der Waals surface area contributed by atoms with Gasteiger partial charge in [-0.25, -0.2) is 14.4 Å². The first-order valence-corrected chi connectivity index (χ1v) is 11.6. The number of nitrogens with zero attached hydrogens (tertiary/aromatic N) is 5. The molecule has 0 saturated carbocycles. The SMILES string of the molecule is CSCC(CNc1cc(-c2cnc(C)cn2)ncn1)c1ccc(F)c2c(C(N)=O)ccnc12. The number of nitrogens with two attached hydrogens (primary N) is 1. The van der Waals surface area contributed by atoms with E-state index in [2.05, 4.69) is 30.2 Å². The van der Waals surface area contributed by atoms with E-state index in [9.17, 15) is 9.18 Å². The molecule has 0 radical (unpaired) electrons. The molecule has 3 N–H and O–H groups in total. The zero-order chi connectivity index (χ0) is 23.4. The lowest BCUT2D eigenvalue weighted by Crippen LogP contribution is -2.18. The third-order valence-corrected chi connectivity index (χ3v) is 5.92. The van der Waals surface area contributed by atoms with Gasteiger partial charge in [-0.3, -0.25) is 19.7 Å². The van der Waals surface area contributed by atoms with Crippen LogP contribution in [-0.2, 0) is 0 Å². The third kappa shape index (κ3) is 4.90. The van der Waals surface area contributed by atoms with E-state index < -0.39 is 11.7 Å². The number of pyridine rings is 1. The maximum atomic E-state index is 14.6. The molecule has 0 fully saturated rings. The molecule has 1 atom stereocenters. The normalized spacial score (nSPS) is 12.0. The van der Waals surface area contributed by atoms with Crippen molar-refractivity contribution in [2.24, 2.45) is 5.73 Å². The van der Waals surface area contributed by atoms with Crippen molar-refractivity contribution in [3.05, 3.63) is 71.8 Å². The summed E-state index contributed by atoms with van der Waals surface area (Å²) in [6.07, 6.45) is 8.31. The Labute approximate surface area is 194 Å². The topological polar surface area (TPSA) is 120 Å². The molecule has 0 bridgehead atoms. The van der Waals surface area contributed by atoms with Gasteiger partial charge in [-0.15, -0.1) is 0 Å². The number of hydrogen-bond acceptors (Lipinski definition) is 8. The number of fused-ring (bicyclic) bond motifs is 1. The van der Waals surface area contributed by atoms with Gasteiger partial charge < -0.3 is 11.1 Å². The highest BCUT2D eigenvalue weighted by molar-refractivity contribution is 7.98. The second-order valence-corrected chi connectivity index (χ2v) is 8.36. The fourth-order valence-electron chi connectivity index (χ4n) is 3.59. The Balaban J connectivity index is 1.63. The molecule has 0 saturated heterocycles. The summed E-state index contributed by atoms with van der Waals surface area (Å²) in [5, 5.41) is 3.49. The molecule has 3 heterocycles. The molecule has 0 aliphatic rings. The van der Waals surface area contributed by atoms with Crippen molar-refractivity contribution < 1.29 is 9.18 Å².